The Labute approximate surface area is 209 Å². The molecule has 0 unspecified atom stereocenters. The fourth-order valence-corrected chi connectivity index (χ4v) is 5.28. The van der Waals surface area contributed by atoms with Gasteiger partial charge in [0.25, 0.3) is 0 Å². The lowest BCUT2D eigenvalue weighted by Gasteiger charge is -2.19. The van der Waals surface area contributed by atoms with E-state index in [-0.39, 0.29) is 23.9 Å². The average Bonchev–Trinajstić information content (AvgIpc) is 3.38. The summed E-state index contributed by atoms with van der Waals surface area (Å²) >= 11 is 0. The first-order valence-corrected chi connectivity index (χ1v) is 12.9. The Morgan fingerprint density at radius 1 is 1.23 bits per heavy atom. The number of aliphatic hydroxyl groups excluding tert-OH is 2. The molecule has 35 heavy (non-hydrogen) atoms. The van der Waals surface area contributed by atoms with Gasteiger partial charge in [0.05, 0.1) is 12.2 Å². The van der Waals surface area contributed by atoms with E-state index in [0.717, 1.165) is 38.1 Å². The third-order valence-corrected chi connectivity index (χ3v) is 7.33. The molecule has 4 rings (SSSR count). The van der Waals surface area contributed by atoms with E-state index in [2.05, 4.69) is 40.3 Å². The molecule has 2 heterocycles. The molecule has 2 aromatic rings. The number of rotatable bonds is 11. The first kappa shape index (κ1) is 25.4. The van der Waals surface area contributed by atoms with Crippen LogP contribution in [-0.2, 0) is 13.0 Å². The Hall–Kier alpha value is -2.65. The molecular formula is C30H38N2O3. The van der Waals surface area contributed by atoms with E-state index >= 15 is 0 Å². The number of aliphatic hydroxyl groups is 2. The molecule has 1 fully saturated rings. The Morgan fingerprint density at radius 3 is 2.86 bits per heavy atom. The Balaban J connectivity index is 1.33. The van der Waals surface area contributed by atoms with Crippen LogP contribution in [0.25, 0.3) is 0 Å². The van der Waals surface area contributed by atoms with Crippen LogP contribution >= 0.6 is 0 Å². The van der Waals surface area contributed by atoms with Crippen molar-refractivity contribution in [2.75, 3.05) is 6.54 Å². The van der Waals surface area contributed by atoms with E-state index in [0.29, 0.717) is 12.8 Å². The molecule has 5 heteroatoms. The second kappa shape index (κ2) is 12.4. The minimum absolute atomic E-state index is 0.00152. The number of hydrogen-bond acceptors (Lipinski definition) is 5. The molecule has 1 aromatic heterocycles. The zero-order chi connectivity index (χ0) is 24.6. The molecule has 1 aliphatic carbocycles. The Kier molecular flexibility index (Phi) is 8.98. The van der Waals surface area contributed by atoms with Crippen molar-refractivity contribution in [3.63, 3.8) is 0 Å². The van der Waals surface area contributed by atoms with Crippen LogP contribution in [0.3, 0.4) is 0 Å². The second-order valence-electron chi connectivity index (χ2n) is 9.87. The smallest absolute Gasteiger partial charge is 0.126 e. The Bertz CT molecular complexity index is 1040. The summed E-state index contributed by atoms with van der Waals surface area (Å²) in [5.41, 5.74) is 3.71. The molecule has 2 aliphatic rings. The molecule has 0 bridgehead atoms. The Morgan fingerprint density at radius 2 is 2.06 bits per heavy atom. The molecule has 0 radical (unpaired) electrons. The first-order valence-electron chi connectivity index (χ1n) is 12.9. The summed E-state index contributed by atoms with van der Waals surface area (Å²) in [6.07, 6.45) is 10.9. The zero-order valence-electron chi connectivity index (χ0n) is 20.9. The number of nitrogens with zero attached hydrogens (tertiary/aromatic N) is 1. The maximum absolute atomic E-state index is 10.7. The molecule has 3 N–H and O–H groups in total. The summed E-state index contributed by atoms with van der Waals surface area (Å²) in [5, 5.41) is 24.8. The highest BCUT2D eigenvalue weighted by Gasteiger charge is 2.48. The third kappa shape index (κ3) is 6.32. The van der Waals surface area contributed by atoms with Gasteiger partial charge in [0.1, 0.15) is 11.9 Å². The predicted octanol–water partition coefficient (Wildman–Crippen LogP) is 4.39. The van der Waals surface area contributed by atoms with Crippen LogP contribution in [-0.4, -0.2) is 40.1 Å². The molecule has 186 valence electrons. The second-order valence-corrected chi connectivity index (χ2v) is 9.87. The van der Waals surface area contributed by atoms with Gasteiger partial charge in [0.2, 0.25) is 0 Å². The van der Waals surface area contributed by atoms with Gasteiger partial charge in [-0.3, -0.25) is 4.98 Å². The van der Waals surface area contributed by atoms with Crippen molar-refractivity contribution >= 4 is 0 Å². The van der Waals surface area contributed by atoms with E-state index in [1.807, 2.05) is 50.5 Å². The summed E-state index contributed by atoms with van der Waals surface area (Å²) < 4.78 is 6.41. The van der Waals surface area contributed by atoms with Crippen molar-refractivity contribution in [1.82, 2.24) is 10.3 Å². The van der Waals surface area contributed by atoms with Crippen LogP contribution in [0.4, 0.5) is 0 Å². The zero-order valence-corrected chi connectivity index (χ0v) is 20.9. The van der Waals surface area contributed by atoms with Crippen LogP contribution in [0.5, 0.6) is 5.75 Å². The van der Waals surface area contributed by atoms with Gasteiger partial charge >= 0.3 is 0 Å². The molecule has 1 aliphatic heterocycles. The highest BCUT2D eigenvalue weighted by Crippen LogP contribution is 2.52. The summed E-state index contributed by atoms with van der Waals surface area (Å²) in [6, 6.07) is 10.5. The van der Waals surface area contributed by atoms with E-state index in [1.165, 1.54) is 16.7 Å². The fourth-order valence-electron chi connectivity index (χ4n) is 5.28. The maximum Gasteiger partial charge on any atom is 0.126 e. The maximum atomic E-state index is 10.7. The quantitative estimate of drug-likeness (QED) is 0.256. The third-order valence-electron chi connectivity index (χ3n) is 7.33. The van der Waals surface area contributed by atoms with Crippen LogP contribution in [0.2, 0.25) is 0 Å². The van der Waals surface area contributed by atoms with Gasteiger partial charge < -0.3 is 20.3 Å². The highest BCUT2D eigenvalue weighted by atomic mass is 16.5. The number of ether oxygens (including phenoxy) is 1. The fraction of sp³-hybridized carbons (Fsp3) is 0.500. The molecular weight excluding hydrogens is 436 g/mol. The number of pyridine rings is 1. The van der Waals surface area contributed by atoms with Gasteiger partial charge in [-0.15, -0.1) is 11.8 Å². The molecule has 1 saturated carbocycles. The van der Waals surface area contributed by atoms with E-state index < -0.39 is 12.2 Å². The predicted molar refractivity (Wildman–Crippen MR) is 139 cm³/mol. The lowest BCUT2D eigenvalue weighted by atomic mass is 9.86. The van der Waals surface area contributed by atoms with Gasteiger partial charge in [-0.05, 0) is 61.9 Å². The van der Waals surface area contributed by atoms with Gasteiger partial charge in [0.15, 0.2) is 0 Å². The van der Waals surface area contributed by atoms with E-state index in [1.54, 1.807) is 0 Å². The number of nitrogens with one attached hydrogen (secondary N) is 1. The van der Waals surface area contributed by atoms with E-state index in [4.69, 9.17) is 4.74 Å². The molecule has 6 atom stereocenters. The lowest BCUT2D eigenvalue weighted by Crippen LogP contribution is -2.19. The molecule has 0 amide bonds. The normalized spacial score (nSPS) is 24.3. The van der Waals surface area contributed by atoms with Crippen molar-refractivity contribution in [3.8, 4) is 17.6 Å². The van der Waals surface area contributed by atoms with Crippen LogP contribution < -0.4 is 10.1 Å². The number of hydrogen-bond donors (Lipinski definition) is 3. The number of para-hydroxylation sites is 1. The largest absolute Gasteiger partial charge is 0.489 e. The summed E-state index contributed by atoms with van der Waals surface area (Å²) in [5.74, 6) is 7.09. The van der Waals surface area contributed by atoms with Crippen molar-refractivity contribution in [2.45, 2.75) is 76.7 Å². The van der Waals surface area contributed by atoms with Crippen molar-refractivity contribution in [2.24, 2.45) is 11.8 Å². The summed E-state index contributed by atoms with van der Waals surface area (Å²) in [6.45, 7) is 5.67. The van der Waals surface area contributed by atoms with Crippen LogP contribution in [0, 0.1) is 23.7 Å². The van der Waals surface area contributed by atoms with Crippen LogP contribution in [0.1, 0.15) is 62.1 Å². The number of aryl methyl sites for hydroxylation is 1. The molecule has 5 nitrogen and oxygen atoms in total. The lowest BCUT2D eigenvalue weighted by molar-refractivity contribution is 0.134. The van der Waals surface area contributed by atoms with Gasteiger partial charge in [-0.2, -0.15) is 0 Å². The minimum Gasteiger partial charge on any atom is -0.489 e. The number of unbranched alkanes of at least 4 members (excludes halogenated alkanes) is 1. The van der Waals surface area contributed by atoms with E-state index in [9.17, 15) is 10.2 Å². The topological polar surface area (TPSA) is 74.6 Å². The van der Waals surface area contributed by atoms with Crippen molar-refractivity contribution < 1.29 is 14.9 Å². The van der Waals surface area contributed by atoms with Crippen LogP contribution in [0.15, 0.2) is 54.9 Å². The number of fused-ring (bicyclic) bond motifs is 3. The molecule has 0 spiro atoms. The van der Waals surface area contributed by atoms with Crippen molar-refractivity contribution in [1.29, 1.82) is 0 Å². The standard InChI is InChI=1S/C30H38N2O3/c1-3-4-8-21(2)26(33)13-12-24-27(34)19-28-29(24)25-11-7-10-23(30(25)35-28)9-5-6-16-32-20-22-14-17-31-18-15-22/h7,10-15,17-18,21,24,26-29,32-34H,5-6,8-9,16,19-20H2,1-2H3/t21-,24-,26+,27+,28-,29-/m0/s1. The SMILES string of the molecule is CC#CC[C@H](C)[C@H](O)C=C[C@@H]1[C@H]2c3cccc(CCCCNCc4ccncc4)c3O[C@H]2C[C@H]1O. The molecule has 1 aromatic carbocycles. The van der Waals surface area contributed by atoms with Gasteiger partial charge in [-0.1, -0.05) is 37.3 Å². The number of benzene rings is 1. The monoisotopic (exact) mass is 474 g/mol. The van der Waals surface area contributed by atoms with Gasteiger partial charge in [0, 0.05) is 49.2 Å². The summed E-state index contributed by atoms with van der Waals surface area (Å²) in [7, 11) is 0. The number of aromatic nitrogens is 1. The summed E-state index contributed by atoms with van der Waals surface area (Å²) in [4.78, 5) is 4.06. The molecule has 0 saturated heterocycles. The highest BCUT2D eigenvalue weighted by molar-refractivity contribution is 5.49. The minimum atomic E-state index is -0.567. The average molecular weight is 475 g/mol. The van der Waals surface area contributed by atoms with Crippen molar-refractivity contribution in [3.05, 3.63) is 71.6 Å². The van der Waals surface area contributed by atoms with Gasteiger partial charge in [-0.25, -0.2) is 0 Å². The first-order chi connectivity index (χ1) is 17.1.